The maximum absolute atomic E-state index is 14.7. The van der Waals surface area contributed by atoms with E-state index in [-0.39, 0.29) is 28.3 Å². The molecular formula is C24H23ClFN5O2. The van der Waals surface area contributed by atoms with E-state index in [0.717, 1.165) is 36.9 Å². The Morgan fingerprint density at radius 1 is 1.00 bits per heavy atom. The van der Waals surface area contributed by atoms with Crippen LogP contribution in [0.5, 0.6) is 0 Å². The average molecular weight is 468 g/mol. The van der Waals surface area contributed by atoms with Crippen molar-refractivity contribution in [1.29, 1.82) is 0 Å². The molecule has 1 fully saturated rings. The van der Waals surface area contributed by atoms with Crippen molar-refractivity contribution in [2.45, 2.75) is 25.8 Å². The van der Waals surface area contributed by atoms with E-state index in [0.29, 0.717) is 11.6 Å². The van der Waals surface area contributed by atoms with Gasteiger partial charge in [0, 0.05) is 30.7 Å². The number of imidazole rings is 1. The summed E-state index contributed by atoms with van der Waals surface area (Å²) in [7, 11) is 1.59. The topological polar surface area (TPSA) is 65.1 Å². The van der Waals surface area contributed by atoms with Crippen LogP contribution in [0.1, 0.15) is 24.8 Å². The first kappa shape index (κ1) is 21.5. The lowest BCUT2D eigenvalue weighted by atomic mass is 10.1. The van der Waals surface area contributed by atoms with E-state index in [2.05, 4.69) is 4.90 Å². The van der Waals surface area contributed by atoms with Gasteiger partial charge in [-0.1, -0.05) is 35.9 Å². The van der Waals surface area contributed by atoms with Gasteiger partial charge in [0.2, 0.25) is 5.95 Å². The fourth-order valence-electron chi connectivity index (χ4n) is 4.44. The lowest BCUT2D eigenvalue weighted by Crippen LogP contribution is -2.38. The molecule has 3 heterocycles. The molecule has 1 saturated heterocycles. The van der Waals surface area contributed by atoms with E-state index < -0.39 is 17.1 Å². The van der Waals surface area contributed by atoms with Crippen LogP contribution in [0.25, 0.3) is 16.9 Å². The van der Waals surface area contributed by atoms with Crippen molar-refractivity contribution in [2.24, 2.45) is 7.05 Å². The monoisotopic (exact) mass is 467 g/mol. The van der Waals surface area contributed by atoms with Crippen molar-refractivity contribution in [2.75, 3.05) is 18.0 Å². The summed E-state index contributed by atoms with van der Waals surface area (Å²) < 4.78 is 18.9. The van der Waals surface area contributed by atoms with Gasteiger partial charge in [-0.3, -0.25) is 13.9 Å². The van der Waals surface area contributed by atoms with Gasteiger partial charge in [0.15, 0.2) is 11.2 Å². The van der Waals surface area contributed by atoms with E-state index in [1.807, 2.05) is 6.07 Å². The molecule has 0 N–H and O–H groups in total. The van der Waals surface area contributed by atoms with Crippen molar-refractivity contribution in [3.8, 4) is 5.69 Å². The van der Waals surface area contributed by atoms with Crippen molar-refractivity contribution in [1.82, 2.24) is 18.7 Å². The summed E-state index contributed by atoms with van der Waals surface area (Å²) in [6.07, 6.45) is 3.11. The SMILES string of the molecule is Cn1c(=O)n(-c2ccccc2)c(=O)c2c1nc(N1CCCCC1)n2Cc1c(F)cccc1Cl. The van der Waals surface area contributed by atoms with Gasteiger partial charge in [-0.25, -0.2) is 13.8 Å². The number of piperidine rings is 1. The number of anilines is 1. The number of para-hydroxylation sites is 1. The highest BCUT2D eigenvalue weighted by atomic mass is 35.5. The zero-order chi connectivity index (χ0) is 23.1. The Morgan fingerprint density at radius 2 is 1.73 bits per heavy atom. The summed E-state index contributed by atoms with van der Waals surface area (Å²) in [6.45, 7) is 1.57. The quantitative estimate of drug-likeness (QED) is 0.459. The highest BCUT2D eigenvalue weighted by Gasteiger charge is 2.26. The van der Waals surface area contributed by atoms with Crippen LogP contribution in [0.15, 0.2) is 58.1 Å². The lowest BCUT2D eigenvalue weighted by Gasteiger charge is -2.28. The minimum Gasteiger partial charge on any atom is -0.342 e. The Balaban J connectivity index is 1.83. The molecule has 4 aromatic rings. The van der Waals surface area contributed by atoms with E-state index in [1.54, 1.807) is 48.0 Å². The van der Waals surface area contributed by atoms with Crippen LogP contribution in [0.3, 0.4) is 0 Å². The highest BCUT2D eigenvalue weighted by molar-refractivity contribution is 6.31. The third-order valence-corrected chi connectivity index (χ3v) is 6.52. The number of aromatic nitrogens is 4. The Kier molecular flexibility index (Phi) is 5.54. The fourth-order valence-corrected chi connectivity index (χ4v) is 4.66. The third kappa shape index (κ3) is 3.64. The van der Waals surface area contributed by atoms with Crippen LogP contribution in [0.2, 0.25) is 5.02 Å². The first-order chi connectivity index (χ1) is 16.0. The van der Waals surface area contributed by atoms with Crippen molar-refractivity contribution < 1.29 is 4.39 Å². The molecule has 9 heteroatoms. The van der Waals surface area contributed by atoms with Gasteiger partial charge in [-0.05, 0) is 43.5 Å². The number of nitrogens with zero attached hydrogens (tertiary/aromatic N) is 5. The Morgan fingerprint density at radius 3 is 2.42 bits per heavy atom. The molecular weight excluding hydrogens is 445 g/mol. The molecule has 0 aliphatic carbocycles. The number of fused-ring (bicyclic) bond motifs is 1. The van der Waals surface area contributed by atoms with Gasteiger partial charge in [0.25, 0.3) is 5.56 Å². The maximum Gasteiger partial charge on any atom is 0.337 e. The summed E-state index contributed by atoms with van der Waals surface area (Å²) in [5, 5.41) is 0.273. The van der Waals surface area contributed by atoms with Gasteiger partial charge >= 0.3 is 5.69 Å². The summed E-state index contributed by atoms with van der Waals surface area (Å²) in [5.41, 5.74) is 0.253. The summed E-state index contributed by atoms with van der Waals surface area (Å²) in [4.78, 5) is 33.7. The van der Waals surface area contributed by atoms with Crippen molar-refractivity contribution in [3.05, 3.63) is 85.8 Å². The summed E-state index contributed by atoms with van der Waals surface area (Å²) in [6, 6.07) is 13.3. The van der Waals surface area contributed by atoms with Gasteiger partial charge in [0.1, 0.15) is 5.82 Å². The zero-order valence-electron chi connectivity index (χ0n) is 18.2. The van der Waals surface area contributed by atoms with Crippen molar-refractivity contribution in [3.63, 3.8) is 0 Å². The Labute approximate surface area is 194 Å². The fraction of sp³-hybridized carbons (Fsp3) is 0.292. The number of benzene rings is 2. The first-order valence-electron chi connectivity index (χ1n) is 10.9. The lowest BCUT2D eigenvalue weighted by molar-refractivity contribution is 0.556. The van der Waals surface area contributed by atoms with Gasteiger partial charge in [-0.2, -0.15) is 4.98 Å². The molecule has 5 rings (SSSR count). The second-order valence-corrected chi connectivity index (χ2v) is 8.64. The molecule has 2 aromatic carbocycles. The molecule has 2 aromatic heterocycles. The number of hydrogen-bond donors (Lipinski definition) is 0. The third-order valence-electron chi connectivity index (χ3n) is 6.16. The molecule has 0 spiro atoms. The number of hydrogen-bond acceptors (Lipinski definition) is 4. The highest BCUT2D eigenvalue weighted by Crippen LogP contribution is 2.27. The second kappa shape index (κ2) is 8.51. The minimum absolute atomic E-state index is 0.0239. The number of aryl methyl sites for hydroxylation is 1. The van der Waals surface area contributed by atoms with Crippen LogP contribution in [0, 0.1) is 5.82 Å². The van der Waals surface area contributed by atoms with Crippen LogP contribution in [0.4, 0.5) is 10.3 Å². The predicted molar refractivity (Wildman–Crippen MR) is 127 cm³/mol. The largest absolute Gasteiger partial charge is 0.342 e. The van der Waals surface area contributed by atoms with E-state index in [4.69, 9.17) is 16.6 Å². The van der Waals surface area contributed by atoms with Gasteiger partial charge < -0.3 is 4.90 Å². The number of rotatable bonds is 4. The zero-order valence-corrected chi connectivity index (χ0v) is 18.9. The van der Waals surface area contributed by atoms with Gasteiger partial charge in [0.05, 0.1) is 12.2 Å². The molecule has 170 valence electrons. The predicted octanol–water partition coefficient (Wildman–Crippen LogP) is 3.72. The maximum atomic E-state index is 14.7. The molecule has 0 atom stereocenters. The molecule has 0 unspecified atom stereocenters. The molecule has 0 bridgehead atoms. The molecule has 0 amide bonds. The summed E-state index contributed by atoms with van der Waals surface area (Å²) in [5.74, 6) is 0.0871. The summed E-state index contributed by atoms with van der Waals surface area (Å²) >= 11 is 6.33. The van der Waals surface area contributed by atoms with E-state index >= 15 is 0 Å². The van der Waals surface area contributed by atoms with E-state index in [9.17, 15) is 14.0 Å². The smallest absolute Gasteiger partial charge is 0.337 e. The van der Waals surface area contributed by atoms with Crippen LogP contribution in [-0.4, -0.2) is 31.8 Å². The normalized spacial score (nSPS) is 14.2. The molecule has 7 nitrogen and oxygen atoms in total. The first-order valence-corrected chi connectivity index (χ1v) is 11.3. The second-order valence-electron chi connectivity index (χ2n) is 8.24. The minimum atomic E-state index is -0.498. The van der Waals surface area contributed by atoms with Crippen molar-refractivity contribution >= 4 is 28.7 Å². The average Bonchev–Trinajstić information content (AvgIpc) is 3.21. The van der Waals surface area contributed by atoms with E-state index in [1.165, 1.54) is 10.6 Å². The molecule has 0 saturated carbocycles. The van der Waals surface area contributed by atoms with Crippen LogP contribution < -0.4 is 16.1 Å². The molecule has 0 radical (unpaired) electrons. The number of halogens is 2. The van der Waals surface area contributed by atoms with Crippen LogP contribution >= 0.6 is 11.6 Å². The molecule has 33 heavy (non-hydrogen) atoms. The van der Waals surface area contributed by atoms with Gasteiger partial charge in [-0.15, -0.1) is 0 Å². The standard InChI is InChI=1S/C24H23ClFN5O2/c1-28-21-20(22(32)31(24(28)33)16-9-4-2-5-10-16)30(15-17-18(25)11-8-12-19(17)26)23(27-21)29-13-6-3-7-14-29/h2,4-5,8-12H,3,6-7,13-15H2,1H3. The molecule has 1 aliphatic rings. The Bertz CT molecular complexity index is 1430. The molecule has 1 aliphatic heterocycles. The van der Waals surface area contributed by atoms with Crippen LogP contribution in [-0.2, 0) is 13.6 Å². The Hall–Kier alpha value is -3.39.